The highest BCUT2D eigenvalue weighted by Crippen LogP contribution is 2.23. The maximum absolute atomic E-state index is 11.7. The van der Waals surface area contributed by atoms with Crippen LogP contribution in [-0.2, 0) is 16.4 Å². The lowest BCUT2D eigenvalue weighted by Crippen LogP contribution is -2.32. The van der Waals surface area contributed by atoms with Gasteiger partial charge in [-0.15, -0.1) is 0 Å². The van der Waals surface area contributed by atoms with E-state index in [9.17, 15) is 8.42 Å². The molecule has 0 fully saturated rings. The average Bonchev–Trinajstić information content (AvgIpc) is 2.36. The molecule has 0 aliphatic heterocycles. The maximum Gasteiger partial charge on any atom is 0.211 e. The van der Waals surface area contributed by atoms with Gasteiger partial charge in [0.05, 0.1) is 5.75 Å². The van der Waals surface area contributed by atoms with Crippen molar-refractivity contribution in [2.24, 2.45) is 5.92 Å². The number of aryl methyl sites for hydroxylation is 1. The van der Waals surface area contributed by atoms with Crippen LogP contribution in [0.25, 0.3) is 0 Å². The molecule has 1 unspecified atom stereocenters. The van der Waals surface area contributed by atoms with Gasteiger partial charge in [-0.2, -0.15) is 0 Å². The predicted octanol–water partition coefficient (Wildman–Crippen LogP) is 2.89. The van der Waals surface area contributed by atoms with Crippen LogP contribution in [0.1, 0.15) is 44.9 Å². The molecule has 0 radical (unpaired) electrons. The van der Waals surface area contributed by atoms with E-state index in [0.717, 1.165) is 12.0 Å². The SMILES string of the molecule is CCc1ccc(C(NS(=O)(=O)CC)C(C)C)cc1. The Labute approximate surface area is 111 Å². The molecule has 1 aromatic carbocycles. The van der Waals surface area contributed by atoms with Crippen LogP contribution >= 0.6 is 0 Å². The molecule has 0 amide bonds. The van der Waals surface area contributed by atoms with Gasteiger partial charge in [0.15, 0.2) is 0 Å². The quantitative estimate of drug-likeness (QED) is 0.863. The van der Waals surface area contributed by atoms with Crippen molar-refractivity contribution in [1.82, 2.24) is 4.72 Å². The first kappa shape index (κ1) is 15.2. The summed E-state index contributed by atoms with van der Waals surface area (Å²) >= 11 is 0. The highest BCUT2D eigenvalue weighted by Gasteiger charge is 2.20. The second-order valence-electron chi connectivity index (χ2n) is 4.84. The molecule has 1 rings (SSSR count). The molecule has 0 aliphatic carbocycles. The summed E-state index contributed by atoms with van der Waals surface area (Å²) in [6, 6.07) is 8.00. The Kier molecular flexibility index (Phi) is 5.35. The smallest absolute Gasteiger partial charge is 0.211 e. The summed E-state index contributed by atoms with van der Waals surface area (Å²) in [5.41, 5.74) is 2.29. The first-order valence-corrected chi connectivity index (χ1v) is 8.13. The molecule has 18 heavy (non-hydrogen) atoms. The van der Waals surface area contributed by atoms with Crippen LogP contribution in [0.2, 0.25) is 0 Å². The Morgan fingerprint density at radius 1 is 1.11 bits per heavy atom. The van der Waals surface area contributed by atoms with Crippen molar-refractivity contribution in [3.8, 4) is 0 Å². The van der Waals surface area contributed by atoms with Gasteiger partial charge in [0, 0.05) is 6.04 Å². The van der Waals surface area contributed by atoms with E-state index in [1.807, 2.05) is 26.0 Å². The largest absolute Gasteiger partial charge is 0.212 e. The molecular weight excluding hydrogens is 246 g/mol. The van der Waals surface area contributed by atoms with E-state index < -0.39 is 10.0 Å². The number of hydrogen-bond donors (Lipinski definition) is 1. The van der Waals surface area contributed by atoms with Gasteiger partial charge in [-0.05, 0) is 30.4 Å². The molecule has 0 spiro atoms. The van der Waals surface area contributed by atoms with Gasteiger partial charge in [0.25, 0.3) is 0 Å². The third-order valence-corrected chi connectivity index (χ3v) is 4.47. The van der Waals surface area contributed by atoms with Gasteiger partial charge in [-0.1, -0.05) is 45.0 Å². The highest BCUT2D eigenvalue weighted by molar-refractivity contribution is 7.89. The zero-order valence-electron chi connectivity index (χ0n) is 11.6. The van der Waals surface area contributed by atoms with Crippen LogP contribution in [-0.4, -0.2) is 14.2 Å². The number of benzene rings is 1. The van der Waals surface area contributed by atoms with E-state index in [4.69, 9.17) is 0 Å². The molecule has 0 aromatic heterocycles. The van der Waals surface area contributed by atoms with Gasteiger partial charge in [0.1, 0.15) is 0 Å². The molecule has 0 heterocycles. The minimum atomic E-state index is -3.18. The topological polar surface area (TPSA) is 46.2 Å². The summed E-state index contributed by atoms with van der Waals surface area (Å²) in [4.78, 5) is 0. The van der Waals surface area contributed by atoms with Crippen LogP contribution in [0.5, 0.6) is 0 Å². The standard InChI is InChI=1S/C14H23NO2S/c1-5-12-7-9-13(10-8-12)14(11(3)4)15-18(16,17)6-2/h7-11,14-15H,5-6H2,1-4H3. The molecule has 0 aliphatic rings. The molecule has 3 nitrogen and oxygen atoms in total. The average molecular weight is 269 g/mol. The number of nitrogens with one attached hydrogen (secondary N) is 1. The lowest BCUT2D eigenvalue weighted by atomic mass is 9.96. The van der Waals surface area contributed by atoms with E-state index in [1.54, 1.807) is 6.92 Å². The lowest BCUT2D eigenvalue weighted by molar-refractivity contribution is 0.463. The monoisotopic (exact) mass is 269 g/mol. The summed E-state index contributed by atoms with van der Waals surface area (Å²) < 4.78 is 26.2. The van der Waals surface area contributed by atoms with Crippen molar-refractivity contribution in [2.75, 3.05) is 5.75 Å². The summed E-state index contributed by atoms with van der Waals surface area (Å²) in [5.74, 6) is 0.335. The van der Waals surface area contributed by atoms with E-state index in [1.165, 1.54) is 5.56 Å². The molecular formula is C14H23NO2S. The second kappa shape index (κ2) is 6.34. The van der Waals surface area contributed by atoms with E-state index in [0.29, 0.717) is 0 Å². The van der Waals surface area contributed by atoms with Crippen LogP contribution in [0.15, 0.2) is 24.3 Å². The molecule has 1 aromatic rings. The molecule has 1 N–H and O–H groups in total. The lowest BCUT2D eigenvalue weighted by Gasteiger charge is -2.22. The third-order valence-electron chi connectivity index (χ3n) is 3.10. The zero-order valence-corrected chi connectivity index (χ0v) is 12.4. The normalized spacial score (nSPS) is 13.8. The zero-order chi connectivity index (χ0) is 13.8. The number of rotatable bonds is 6. The maximum atomic E-state index is 11.7. The van der Waals surface area contributed by atoms with Crippen molar-refractivity contribution in [3.05, 3.63) is 35.4 Å². The Morgan fingerprint density at radius 3 is 2.06 bits per heavy atom. The van der Waals surface area contributed by atoms with Crippen molar-refractivity contribution < 1.29 is 8.42 Å². The first-order chi connectivity index (χ1) is 8.39. The minimum Gasteiger partial charge on any atom is -0.212 e. The molecule has 1 atom stereocenters. The van der Waals surface area contributed by atoms with Gasteiger partial charge < -0.3 is 0 Å². The van der Waals surface area contributed by atoms with E-state index in [-0.39, 0.29) is 17.7 Å². The predicted molar refractivity (Wildman–Crippen MR) is 76.0 cm³/mol. The van der Waals surface area contributed by atoms with Crippen LogP contribution < -0.4 is 4.72 Å². The first-order valence-electron chi connectivity index (χ1n) is 6.48. The fourth-order valence-electron chi connectivity index (χ4n) is 1.83. The van der Waals surface area contributed by atoms with E-state index in [2.05, 4.69) is 23.8 Å². The number of sulfonamides is 1. The van der Waals surface area contributed by atoms with Crippen molar-refractivity contribution >= 4 is 10.0 Å². The van der Waals surface area contributed by atoms with Crippen LogP contribution in [0, 0.1) is 5.92 Å². The summed E-state index contributed by atoms with van der Waals surface area (Å²) in [6.45, 7) is 7.81. The van der Waals surface area contributed by atoms with Gasteiger partial charge in [0.2, 0.25) is 10.0 Å². The fraction of sp³-hybridized carbons (Fsp3) is 0.571. The van der Waals surface area contributed by atoms with Gasteiger partial charge in [-0.25, -0.2) is 13.1 Å². The van der Waals surface area contributed by atoms with Crippen LogP contribution in [0.3, 0.4) is 0 Å². The van der Waals surface area contributed by atoms with Crippen molar-refractivity contribution in [3.63, 3.8) is 0 Å². The number of hydrogen-bond acceptors (Lipinski definition) is 2. The Morgan fingerprint density at radius 2 is 1.67 bits per heavy atom. The molecule has 0 saturated heterocycles. The Balaban J connectivity index is 2.97. The summed E-state index contributed by atoms with van der Waals surface area (Å²) in [6.07, 6.45) is 0.993. The van der Waals surface area contributed by atoms with Gasteiger partial charge in [-0.3, -0.25) is 0 Å². The third kappa shape index (κ3) is 4.10. The summed E-state index contributed by atoms with van der Waals surface area (Å²) in [7, 11) is -3.18. The highest BCUT2D eigenvalue weighted by atomic mass is 32.2. The molecule has 102 valence electrons. The Hall–Kier alpha value is -0.870. The summed E-state index contributed by atoms with van der Waals surface area (Å²) in [5, 5.41) is 0. The van der Waals surface area contributed by atoms with Crippen molar-refractivity contribution in [1.29, 1.82) is 0 Å². The molecule has 4 heteroatoms. The van der Waals surface area contributed by atoms with Crippen LogP contribution in [0.4, 0.5) is 0 Å². The fourth-order valence-corrected chi connectivity index (χ4v) is 2.79. The Bertz CT molecular complexity index is 463. The second-order valence-corrected chi connectivity index (χ2v) is 6.88. The molecule has 0 saturated carbocycles. The van der Waals surface area contributed by atoms with E-state index >= 15 is 0 Å². The molecule has 0 bridgehead atoms. The van der Waals surface area contributed by atoms with Crippen molar-refractivity contribution in [2.45, 2.75) is 40.2 Å². The minimum absolute atomic E-state index is 0.114. The van der Waals surface area contributed by atoms with Gasteiger partial charge >= 0.3 is 0 Å².